The Kier molecular flexibility index (Phi) is 5.74. The summed E-state index contributed by atoms with van der Waals surface area (Å²) in [4.78, 5) is 10.7. The molecule has 0 aliphatic rings. The molecule has 0 aliphatic heterocycles. The minimum Gasteiger partial charge on any atom is -0.376 e. The van der Waals surface area contributed by atoms with E-state index in [1.165, 1.54) is 0 Å². The molecule has 1 aromatic carbocycles. The van der Waals surface area contributed by atoms with Gasteiger partial charge in [0.25, 0.3) is 0 Å². The molecule has 0 bridgehead atoms. The Hall–Kier alpha value is -1.00. The summed E-state index contributed by atoms with van der Waals surface area (Å²) in [6.45, 7) is 10.5. The Labute approximate surface area is 132 Å². The number of benzene rings is 1. The number of aliphatic hydroxyl groups is 1. The van der Waals surface area contributed by atoms with Crippen LogP contribution in [0.25, 0.3) is 0 Å². The minimum absolute atomic E-state index is 0.377. The van der Waals surface area contributed by atoms with Crippen LogP contribution in [-0.4, -0.2) is 22.6 Å². The van der Waals surface area contributed by atoms with E-state index >= 15 is 0 Å². The van der Waals surface area contributed by atoms with E-state index in [0.717, 1.165) is 0 Å². The molecule has 0 radical (unpaired) electrons. The molecule has 0 aromatic heterocycles. The third-order valence-electron chi connectivity index (χ3n) is 2.47. The molecule has 0 aliphatic carbocycles. The van der Waals surface area contributed by atoms with Gasteiger partial charge in [0.2, 0.25) is 0 Å². The molecule has 0 saturated carbocycles. The van der Waals surface area contributed by atoms with Crippen molar-refractivity contribution in [3.63, 3.8) is 0 Å². The standard InChI is InChI=1S/C16H25O5P/c1-15(2,3)20-22(19,21-16(4,5)6)14(18)13-9-7-12(11-17)8-10-13/h7-11,14,18H,1-6H3. The van der Waals surface area contributed by atoms with Crippen LogP contribution in [0.2, 0.25) is 0 Å². The third-order valence-corrected chi connectivity index (χ3v) is 4.97. The lowest BCUT2D eigenvalue weighted by molar-refractivity contribution is 0.0271. The van der Waals surface area contributed by atoms with E-state index in [1.54, 1.807) is 65.8 Å². The summed E-state index contributed by atoms with van der Waals surface area (Å²) in [5.74, 6) is -1.42. The molecule has 1 rings (SSSR count). The van der Waals surface area contributed by atoms with E-state index in [0.29, 0.717) is 17.4 Å². The summed E-state index contributed by atoms with van der Waals surface area (Å²) in [6.07, 6.45) is 0.701. The Balaban J connectivity index is 3.18. The molecular formula is C16H25O5P. The monoisotopic (exact) mass is 328 g/mol. The van der Waals surface area contributed by atoms with Gasteiger partial charge in [0.1, 0.15) is 6.29 Å². The molecule has 0 heterocycles. The van der Waals surface area contributed by atoms with E-state index in [2.05, 4.69) is 0 Å². The summed E-state index contributed by atoms with van der Waals surface area (Å²) < 4.78 is 24.3. The van der Waals surface area contributed by atoms with Gasteiger partial charge in [0, 0.05) is 5.56 Å². The van der Waals surface area contributed by atoms with Crippen LogP contribution < -0.4 is 0 Å². The van der Waals surface area contributed by atoms with Gasteiger partial charge in [0.15, 0.2) is 5.85 Å². The average Bonchev–Trinajstić information content (AvgIpc) is 2.33. The normalized spacial score (nSPS) is 14.7. The summed E-state index contributed by atoms with van der Waals surface area (Å²) >= 11 is 0. The Morgan fingerprint density at radius 1 is 1.00 bits per heavy atom. The Morgan fingerprint density at radius 2 is 1.41 bits per heavy atom. The van der Waals surface area contributed by atoms with Crippen molar-refractivity contribution >= 4 is 13.9 Å². The zero-order valence-electron chi connectivity index (χ0n) is 14.0. The first-order valence-corrected chi connectivity index (χ1v) is 8.72. The molecule has 0 amide bonds. The van der Waals surface area contributed by atoms with Crippen molar-refractivity contribution in [1.82, 2.24) is 0 Å². The molecule has 124 valence electrons. The van der Waals surface area contributed by atoms with Gasteiger partial charge in [-0.2, -0.15) is 0 Å². The molecule has 0 saturated heterocycles. The maximum Gasteiger partial charge on any atom is 0.364 e. The molecule has 1 N–H and O–H groups in total. The second kappa shape index (κ2) is 6.63. The van der Waals surface area contributed by atoms with Gasteiger partial charge in [0.05, 0.1) is 11.2 Å². The van der Waals surface area contributed by atoms with Gasteiger partial charge in [-0.3, -0.25) is 9.36 Å². The van der Waals surface area contributed by atoms with Crippen molar-refractivity contribution in [3.05, 3.63) is 35.4 Å². The zero-order valence-corrected chi connectivity index (χ0v) is 14.9. The fourth-order valence-electron chi connectivity index (χ4n) is 1.81. The van der Waals surface area contributed by atoms with Crippen LogP contribution in [0, 0.1) is 0 Å². The predicted molar refractivity (Wildman–Crippen MR) is 86.1 cm³/mol. The first kappa shape index (κ1) is 19.0. The highest BCUT2D eigenvalue weighted by Crippen LogP contribution is 2.63. The smallest absolute Gasteiger partial charge is 0.364 e. The number of carbonyl (C=O) groups is 1. The highest BCUT2D eigenvalue weighted by molar-refractivity contribution is 7.54. The third kappa shape index (κ3) is 5.65. The van der Waals surface area contributed by atoms with E-state index in [9.17, 15) is 14.5 Å². The largest absolute Gasteiger partial charge is 0.376 e. The van der Waals surface area contributed by atoms with Crippen molar-refractivity contribution in [1.29, 1.82) is 0 Å². The zero-order chi connectivity index (χ0) is 17.2. The fourth-order valence-corrected chi connectivity index (χ4v) is 4.11. The first-order chi connectivity index (χ1) is 9.86. The predicted octanol–water partition coefficient (Wildman–Crippen LogP) is 4.31. The lowest BCUT2D eigenvalue weighted by Crippen LogP contribution is -2.26. The Bertz CT molecular complexity index is 531. The topological polar surface area (TPSA) is 72.8 Å². The van der Waals surface area contributed by atoms with Gasteiger partial charge < -0.3 is 14.2 Å². The highest BCUT2D eigenvalue weighted by Gasteiger charge is 2.42. The van der Waals surface area contributed by atoms with Crippen LogP contribution in [0.5, 0.6) is 0 Å². The Morgan fingerprint density at radius 3 is 1.73 bits per heavy atom. The van der Waals surface area contributed by atoms with E-state index in [1.807, 2.05) is 0 Å². The number of rotatable bonds is 5. The fraction of sp³-hybridized carbons (Fsp3) is 0.562. The van der Waals surface area contributed by atoms with Crippen molar-refractivity contribution in [3.8, 4) is 0 Å². The summed E-state index contributed by atoms with van der Waals surface area (Å²) in [5, 5.41) is 10.5. The maximum atomic E-state index is 13.1. The van der Waals surface area contributed by atoms with Crippen molar-refractivity contribution in [2.75, 3.05) is 0 Å². The van der Waals surface area contributed by atoms with Gasteiger partial charge in [-0.05, 0) is 47.1 Å². The van der Waals surface area contributed by atoms with E-state index < -0.39 is 24.6 Å². The van der Waals surface area contributed by atoms with Gasteiger partial charge in [-0.1, -0.05) is 24.3 Å². The number of carbonyl (C=O) groups excluding carboxylic acids is 1. The van der Waals surface area contributed by atoms with Crippen LogP contribution in [0.15, 0.2) is 24.3 Å². The SMILES string of the molecule is CC(C)(C)OP(=O)(OC(C)(C)C)C(O)c1ccc(C=O)cc1. The first-order valence-electron chi connectivity index (χ1n) is 7.11. The molecule has 22 heavy (non-hydrogen) atoms. The van der Waals surface area contributed by atoms with Crippen LogP contribution in [-0.2, 0) is 13.6 Å². The highest BCUT2D eigenvalue weighted by atomic mass is 31.2. The van der Waals surface area contributed by atoms with Crippen LogP contribution in [0.1, 0.15) is 63.3 Å². The van der Waals surface area contributed by atoms with Crippen molar-refractivity contribution in [2.45, 2.75) is 58.6 Å². The van der Waals surface area contributed by atoms with Crippen molar-refractivity contribution in [2.24, 2.45) is 0 Å². The van der Waals surface area contributed by atoms with Gasteiger partial charge >= 0.3 is 7.60 Å². The molecule has 1 atom stereocenters. The molecule has 1 aromatic rings. The lowest BCUT2D eigenvalue weighted by atomic mass is 10.2. The number of hydrogen-bond acceptors (Lipinski definition) is 5. The quantitative estimate of drug-likeness (QED) is 0.644. The van der Waals surface area contributed by atoms with Gasteiger partial charge in [-0.25, -0.2) is 0 Å². The second-order valence-electron chi connectivity index (χ2n) is 7.11. The number of aliphatic hydroxyl groups excluding tert-OH is 1. The maximum absolute atomic E-state index is 13.1. The van der Waals surface area contributed by atoms with Gasteiger partial charge in [-0.15, -0.1) is 0 Å². The van der Waals surface area contributed by atoms with E-state index in [-0.39, 0.29) is 0 Å². The van der Waals surface area contributed by atoms with Crippen LogP contribution in [0.3, 0.4) is 0 Å². The molecular weight excluding hydrogens is 303 g/mol. The lowest BCUT2D eigenvalue weighted by Gasteiger charge is -2.34. The molecule has 0 fully saturated rings. The molecule has 6 heteroatoms. The van der Waals surface area contributed by atoms with E-state index in [4.69, 9.17) is 9.05 Å². The van der Waals surface area contributed by atoms with Crippen molar-refractivity contribution < 1.29 is 23.5 Å². The average molecular weight is 328 g/mol. The molecule has 0 spiro atoms. The second-order valence-corrected chi connectivity index (χ2v) is 9.04. The minimum atomic E-state index is -3.83. The molecule has 1 unspecified atom stereocenters. The summed E-state index contributed by atoms with van der Waals surface area (Å²) in [5.41, 5.74) is -0.642. The summed E-state index contributed by atoms with van der Waals surface area (Å²) in [6, 6.07) is 6.17. The molecule has 5 nitrogen and oxygen atoms in total. The van der Waals surface area contributed by atoms with Crippen LogP contribution >= 0.6 is 7.60 Å². The summed E-state index contributed by atoms with van der Waals surface area (Å²) in [7, 11) is -3.83. The number of hydrogen-bond donors (Lipinski definition) is 1. The van der Waals surface area contributed by atoms with Crippen LogP contribution in [0.4, 0.5) is 0 Å². The number of aldehydes is 1.